The third-order valence-electron chi connectivity index (χ3n) is 3.79. The fourth-order valence-corrected chi connectivity index (χ4v) is 2.94. The standard InChI is InChI=1S/C17H7Cl2F6NO/c18-12-2-1-10-11(15(27)26-14(10)13(12)19)5-7-3-8(16(20,21)22)6-9(4-7)17(23,24)25/h1-6H,(H,26,27)/b11-5+. The van der Waals surface area contributed by atoms with E-state index in [1.807, 2.05) is 0 Å². The number of nitrogens with one attached hydrogen (secondary N) is 1. The van der Waals surface area contributed by atoms with E-state index in [4.69, 9.17) is 23.2 Å². The summed E-state index contributed by atoms with van der Waals surface area (Å²) in [5.41, 5.74) is -3.14. The van der Waals surface area contributed by atoms with Crippen molar-refractivity contribution < 1.29 is 31.1 Å². The van der Waals surface area contributed by atoms with Crippen molar-refractivity contribution in [2.24, 2.45) is 0 Å². The molecular weight excluding hydrogens is 419 g/mol. The van der Waals surface area contributed by atoms with Crippen molar-refractivity contribution in [2.75, 3.05) is 5.32 Å². The Morgan fingerprint density at radius 2 is 1.44 bits per heavy atom. The summed E-state index contributed by atoms with van der Waals surface area (Å²) in [6, 6.07) is 3.84. The van der Waals surface area contributed by atoms with E-state index in [2.05, 4.69) is 5.32 Å². The van der Waals surface area contributed by atoms with Crippen LogP contribution in [0.5, 0.6) is 0 Å². The monoisotopic (exact) mass is 425 g/mol. The van der Waals surface area contributed by atoms with Crippen LogP contribution in [0, 0.1) is 0 Å². The number of hydrogen-bond donors (Lipinski definition) is 1. The molecule has 0 aromatic heterocycles. The molecule has 2 aromatic carbocycles. The van der Waals surface area contributed by atoms with Crippen molar-refractivity contribution in [1.29, 1.82) is 0 Å². The second-order valence-corrected chi connectivity index (χ2v) is 6.42. The first-order chi connectivity index (χ1) is 12.4. The number of rotatable bonds is 1. The van der Waals surface area contributed by atoms with Crippen molar-refractivity contribution in [1.82, 2.24) is 0 Å². The van der Waals surface area contributed by atoms with E-state index in [1.54, 1.807) is 0 Å². The number of carbonyl (C=O) groups excluding carboxylic acids is 1. The zero-order valence-electron chi connectivity index (χ0n) is 12.9. The molecule has 0 unspecified atom stereocenters. The maximum Gasteiger partial charge on any atom is 0.416 e. The van der Waals surface area contributed by atoms with E-state index in [0.717, 1.165) is 6.08 Å². The Morgan fingerprint density at radius 3 is 1.96 bits per heavy atom. The molecule has 1 heterocycles. The number of carbonyl (C=O) groups is 1. The van der Waals surface area contributed by atoms with Crippen LogP contribution in [0.1, 0.15) is 22.3 Å². The van der Waals surface area contributed by atoms with E-state index in [-0.39, 0.29) is 32.9 Å². The third-order valence-corrected chi connectivity index (χ3v) is 4.59. The Kier molecular flexibility index (Phi) is 4.68. The van der Waals surface area contributed by atoms with Crippen molar-refractivity contribution in [3.05, 3.63) is 62.6 Å². The molecule has 1 N–H and O–H groups in total. The van der Waals surface area contributed by atoms with Gasteiger partial charge in [0.2, 0.25) is 0 Å². The van der Waals surface area contributed by atoms with Crippen LogP contribution in [0.15, 0.2) is 30.3 Å². The molecule has 0 saturated heterocycles. The van der Waals surface area contributed by atoms with Crippen LogP contribution in [0.25, 0.3) is 11.6 Å². The molecule has 0 atom stereocenters. The van der Waals surface area contributed by atoms with Gasteiger partial charge in [-0.15, -0.1) is 0 Å². The van der Waals surface area contributed by atoms with E-state index < -0.39 is 35.0 Å². The predicted octanol–water partition coefficient (Wildman–Crippen LogP) is 6.52. The number of amides is 1. The highest BCUT2D eigenvalue weighted by molar-refractivity contribution is 6.47. The van der Waals surface area contributed by atoms with Crippen molar-refractivity contribution in [2.45, 2.75) is 12.4 Å². The molecule has 0 bridgehead atoms. The highest BCUT2D eigenvalue weighted by Crippen LogP contribution is 2.42. The van der Waals surface area contributed by atoms with Gasteiger partial charge >= 0.3 is 12.4 Å². The highest BCUT2D eigenvalue weighted by atomic mass is 35.5. The lowest BCUT2D eigenvalue weighted by Crippen LogP contribution is -2.11. The summed E-state index contributed by atoms with van der Waals surface area (Å²) in [5, 5.41) is 2.55. The lowest BCUT2D eigenvalue weighted by Gasteiger charge is -2.13. The van der Waals surface area contributed by atoms with Gasteiger partial charge in [0.1, 0.15) is 0 Å². The van der Waals surface area contributed by atoms with Crippen LogP contribution in [0.3, 0.4) is 0 Å². The van der Waals surface area contributed by atoms with Crippen LogP contribution in [-0.2, 0) is 17.1 Å². The molecular formula is C17H7Cl2F6NO. The molecule has 0 saturated carbocycles. The number of benzene rings is 2. The van der Waals surface area contributed by atoms with Gasteiger partial charge < -0.3 is 5.32 Å². The summed E-state index contributed by atoms with van der Waals surface area (Å²) in [6.07, 6.45) is -9.03. The normalized spacial score (nSPS) is 15.9. The summed E-state index contributed by atoms with van der Waals surface area (Å²) in [6.45, 7) is 0. The van der Waals surface area contributed by atoms with Crippen LogP contribution < -0.4 is 5.32 Å². The van der Waals surface area contributed by atoms with Crippen LogP contribution in [0.2, 0.25) is 10.0 Å². The molecule has 0 fully saturated rings. The molecule has 27 heavy (non-hydrogen) atoms. The van der Waals surface area contributed by atoms with Gasteiger partial charge in [0.25, 0.3) is 5.91 Å². The summed E-state index contributed by atoms with van der Waals surface area (Å²) in [4.78, 5) is 12.1. The first-order valence-electron chi connectivity index (χ1n) is 7.19. The Hall–Kier alpha value is -2.19. The zero-order chi connectivity index (χ0) is 20.1. The fourth-order valence-electron chi connectivity index (χ4n) is 2.57. The number of fused-ring (bicyclic) bond motifs is 1. The maximum atomic E-state index is 13.0. The molecule has 3 rings (SSSR count). The molecule has 1 aliphatic heterocycles. The lowest BCUT2D eigenvalue weighted by molar-refractivity contribution is -0.143. The topological polar surface area (TPSA) is 29.1 Å². The third kappa shape index (κ3) is 3.77. The van der Waals surface area contributed by atoms with Crippen molar-refractivity contribution in [3.8, 4) is 0 Å². The average Bonchev–Trinajstić information content (AvgIpc) is 2.86. The van der Waals surface area contributed by atoms with Gasteiger partial charge in [-0.1, -0.05) is 29.3 Å². The highest BCUT2D eigenvalue weighted by Gasteiger charge is 2.37. The molecule has 0 spiro atoms. The zero-order valence-corrected chi connectivity index (χ0v) is 14.4. The predicted molar refractivity (Wildman–Crippen MR) is 89.4 cm³/mol. The number of anilines is 1. The SMILES string of the molecule is O=C1Nc2c(ccc(Cl)c2Cl)/C1=C\c1cc(C(F)(F)F)cc(C(F)(F)F)c1. The van der Waals surface area contributed by atoms with Gasteiger partial charge in [0, 0.05) is 11.1 Å². The summed E-state index contributed by atoms with van der Waals surface area (Å²) < 4.78 is 77.8. The minimum Gasteiger partial charge on any atom is -0.320 e. The van der Waals surface area contributed by atoms with Gasteiger partial charge in [-0.25, -0.2) is 0 Å². The number of alkyl halides is 6. The molecule has 142 valence electrons. The first kappa shape index (κ1) is 19.6. The average molecular weight is 426 g/mol. The fraction of sp³-hybridized carbons (Fsp3) is 0.118. The molecule has 0 radical (unpaired) electrons. The van der Waals surface area contributed by atoms with Crippen LogP contribution >= 0.6 is 23.2 Å². The van der Waals surface area contributed by atoms with E-state index in [9.17, 15) is 31.1 Å². The van der Waals surface area contributed by atoms with E-state index in [1.165, 1.54) is 12.1 Å². The molecule has 2 aromatic rings. The second kappa shape index (κ2) is 6.45. The van der Waals surface area contributed by atoms with E-state index in [0.29, 0.717) is 12.1 Å². The largest absolute Gasteiger partial charge is 0.416 e. The lowest BCUT2D eigenvalue weighted by atomic mass is 10.00. The number of halogens is 8. The van der Waals surface area contributed by atoms with Crippen LogP contribution in [-0.4, -0.2) is 5.91 Å². The summed E-state index contributed by atoms with van der Waals surface area (Å²) in [5.74, 6) is -0.722. The second-order valence-electron chi connectivity index (χ2n) is 5.64. The Bertz CT molecular complexity index is 946. The minimum absolute atomic E-state index is 0.0152. The summed E-state index contributed by atoms with van der Waals surface area (Å²) in [7, 11) is 0. The van der Waals surface area contributed by atoms with Gasteiger partial charge in [0.05, 0.1) is 26.9 Å². The van der Waals surface area contributed by atoms with Gasteiger partial charge in [0.15, 0.2) is 0 Å². The molecule has 0 aliphatic carbocycles. The van der Waals surface area contributed by atoms with Gasteiger partial charge in [-0.2, -0.15) is 26.3 Å². The van der Waals surface area contributed by atoms with Crippen molar-refractivity contribution in [3.63, 3.8) is 0 Å². The van der Waals surface area contributed by atoms with Gasteiger partial charge in [-0.05, 0) is 35.9 Å². The Labute approximate surface area is 158 Å². The molecule has 1 amide bonds. The quantitative estimate of drug-likeness (QED) is 0.408. The first-order valence-corrected chi connectivity index (χ1v) is 7.94. The molecule has 10 heteroatoms. The smallest absolute Gasteiger partial charge is 0.320 e. The molecule has 2 nitrogen and oxygen atoms in total. The maximum absolute atomic E-state index is 13.0. The van der Waals surface area contributed by atoms with Gasteiger partial charge in [-0.3, -0.25) is 4.79 Å². The van der Waals surface area contributed by atoms with Crippen LogP contribution in [0.4, 0.5) is 32.0 Å². The number of hydrogen-bond acceptors (Lipinski definition) is 1. The Morgan fingerprint density at radius 1 is 0.889 bits per heavy atom. The minimum atomic E-state index is -4.98. The van der Waals surface area contributed by atoms with Crippen molar-refractivity contribution >= 4 is 46.4 Å². The molecule has 1 aliphatic rings. The van der Waals surface area contributed by atoms with E-state index >= 15 is 0 Å². The summed E-state index contributed by atoms with van der Waals surface area (Å²) >= 11 is 11.8. The Balaban J connectivity index is 2.19.